The number of carbonyl (C=O) groups excluding carboxylic acids is 1. The Morgan fingerprint density at radius 3 is 2.53 bits per heavy atom. The zero-order valence-corrected chi connectivity index (χ0v) is 11.0. The number of rotatable bonds is 3. The predicted octanol–water partition coefficient (Wildman–Crippen LogP) is 1.63. The van der Waals surface area contributed by atoms with Gasteiger partial charge in [0.05, 0.1) is 5.92 Å². The van der Waals surface area contributed by atoms with Crippen LogP contribution in [0.2, 0.25) is 0 Å². The molecular weight excluding hydrogens is 220 g/mol. The normalized spacial score (nSPS) is 25.8. The lowest BCUT2D eigenvalue weighted by Crippen LogP contribution is -2.47. The number of carbonyl (C=O) groups is 2. The summed E-state index contributed by atoms with van der Waals surface area (Å²) in [6.07, 6.45) is 1.45. The molecule has 0 radical (unpaired) electrons. The SMILES string of the molecule is CCC(C)N(C)C(=O)N1CCC(C(=O)O)C1C. The summed E-state index contributed by atoms with van der Waals surface area (Å²) in [6.45, 7) is 6.38. The van der Waals surface area contributed by atoms with Crippen molar-refractivity contribution in [2.24, 2.45) is 5.92 Å². The van der Waals surface area contributed by atoms with Crippen molar-refractivity contribution in [1.82, 2.24) is 9.80 Å². The van der Waals surface area contributed by atoms with Crippen molar-refractivity contribution in [3.8, 4) is 0 Å². The molecule has 0 spiro atoms. The van der Waals surface area contributed by atoms with E-state index in [-0.39, 0.29) is 18.1 Å². The van der Waals surface area contributed by atoms with Crippen molar-refractivity contribution in [1.29, 1.82) is 0 Å². The molecule has 1 fully saturated rings. The molecule has 1 aliphatic heterocycles. The summed E-state index contributed by atoms with van der Waals surface area (Å²) in [6, 6.07) is -0.0966. The van der Waals surface area contributed by atoms with Crippen LogP contribution in [-0.2, 0) is 4.79 Å². The van der Waals surface area contributed by atoms with Crippen LogP contribution in [-0.4, -0.2) is 52.6 Å². The summed E-state index contributed by atoms with van der Waals surface area (Å²) in [5.74, 6) is -1.23. The van der Waals surface area contributed by atoms with Crippen molar-refractivity contribution in [3.05, 3.63) is 0 Å². The molecule has 0 aromatic carbocycles. The first-order valence-electron chi connectivity index (χ1n) is 6.16. The van der Waals surface area contributed by atoms with Crippen molar-refractivity contribution in [3.63, 3.8) is 0 Å². The van der Waals surface area contributed by atoms with E-state index in [1.807, 2.05) is 20.8 Å². The number of carboxylic acids is 1. The third kappa shape index (κ3) is 2.70. The minimum atomic E-state index is -0.806. The van der Waals surface area contributed by atoms with Gasteiger partial charge in [0.15, 0.2) is 0 Å². The molecule has 0 aromatic rings. The number of amides is 2. The summed E-state index contributed by atoms with van der Waals surface area (Å²) < 4.78 is 0. The van der Waals surface area contributed by atoms with Crippen LogP contribution in [0.25, 0.3) is 0 Å². The first-order valence-corrected chi connectivity index (χ1v) is 6.16. The topological polar surface area (TPSA) is 60.9 Å². The Hall–Kier alpha value is -1.26. The second-order valence-corrected chi connectivity index (χ2v) is 4.82. The highest BCUT2D eigenvalue weighted by Crippen LogP contribution is 2.25. The first kappa shape index (κ1) is 13.8. The quantitative estimate of drug-likeness (QED) is 0.818. The molecule has 1 aliphatic rings. The van der Waals surface area contributed by atoms with Gasteiger partial charge in [-0.2, -0.15) is 0 Å². The first-order chi connectivity index (χ1) is 7.90. The van der Waals surface area contributed by atoms with Crippen LogP contribution in [0.4, 0.5) is 4.79 Å². The van der Waals surface area contributed by atoms with Crippen molar-refractivity contribution < 1.29 is 14.7 Å². The maximum absolute atomic E-state index is 12.2. The number of aliphatic carboxylic acids is 1. The van der Waals surface area contributed by atoms with E-state index in [1.165, 1.54) is 0 Å². The van der Waals surface area contributed by atoms with E-state index in [0.717, 1.165) is 6.42 Å². The fourth-order valence-electron chi connectivity index (χ4n) is 2.20. The minimum Gasteiger partial charge on any atom is -0.481 e. The highest BCUT2D eigenvalue weighted by atomic mass is 16.4. The molecule has 1 saturated heterocycles. The zero-order valence-electron chi connectivity index (χ0n) is 11.0. The largest absolute Gasteiger partial charge is 0.481 e. The lowest BCUT2D eigenvalue weighted by atomic mass is 10.0. The number of hydrogen-bond acceptors (Lipinski definition) is 2. The zero-order chi connectivity index (χ0) is 13.2. The van der Waals surface area contributed by atoms with Gasteiger partial charge in [0.25, 0.3) is 0 Å². The standard InChI is InChI=1S/C12H22N2O3/c1-5-8(2)13(4)12(17)14-7-6-10(9(14)3)11(15)16/h8-10H,5-7H2,1-4H3,(H,15,16). The lowest BCUT2D eigenvalue weighted by molar-refractivity contribution is -0.142. The molecule has 2 amide bonds. The van der Waals surface area contributed by atoms with Gasteiger partial charge in [-0.1, -0.05) is 6.92 Å². The monoisotopic (exact) mass is 242 g/mol. The van der Waals surface area contributed by atoms with Gasteiger partial charge < -0.3 is 14.9 Å². The highest BCUT2D eigenvalue weighted by Gasteiger charge is 2.39. The second-order valence-electron chi connectivity index (χ2n) is 4.82. The molecule has 0 saturated carbocycles. The molecule has 1 rings (SSSR count). The van der Waals surface area contributed by atoms with Crippen LogP contribution in [0, 0.1) is 5.92 Å². The van der Waals surface area contributed by atoms with Gasteiger partial charge in [0, 0.05) is 25.7 Å². The molecule has 98 valence electrons. The van der Waals surface area contributed by atoms with E-state index in [4.69, 9.17) is 5.11 Å². The van der Waals surface area contributed by atoms with Crippen LogP contribution in [0.1, 0.15) is 33.6 Å². The van der Waals surface area contributed by atoms with Gasteiger partial charge in [0.1, 0.15) is 0 Å². The molecule has 0 aromatic heterocycles. The molecule has 0 bridgehead atoms. The van der Waals surface area contributed by atoms with E-state index >= 15 is 0 Å². The maximum atomic E-state index is 12.2. The van der Waals surface area contributed by atoms with Crippen LogP contribution >= 0.6 is 0 Å². The number of urea groups is 1. The Morgan fingerprint density at radius 2 is 2.12 bits per heavy atom. The van der Waals surface area contributed by atoms with E-state index in [2.05, 4.69) is 0 Å². The number of hydrogen-bond donors (Lipinski definition) is 1. The van der Waals surface area contributed by atoms with Crippen molar-refractivity contribution >= 4 is 12.0 Å². The van der Waals surface area contributed by atoms with Gasteiger partial charge >= 0.3 is 12.0 Å². The minimum absolute atomic E-state index is 0.0596. The number of likely N-dealkylation sites (tertiary alicyclic amines) is 1. The highest BCUT2D eigenvalue weighted by molar-refractivity contribution is 5.78. The molecule has 17 heavy (non-hydrogen) atoms. The fourth-order valence-corrected chi connectivity index (χ4v) is 2.20. The fraction of sp³-hybridized carbons (Fsp3) is 0.833. The van der Waals surface area contributed by atoms with Crippen molar-refractivity contribution in [2.75, 3.05) is 13.6 Å². The summed E-state index contributed by atoms with van der Waals surface area (Å²) in [4.78, 5) is 26.5. The van der Waals surface area contributed by atoms with E-state index < -0.39 is 11.9 Å². The summed E-state index contributed by atoms with van der Waals surface area (Å²) in [5.41, 5.74) is 0. The summed E-state index contributed by atoms with van der Waals surface area (Å²) in [5, 5.41) is 9.03. The van der Waals surface area contributed by atoms with Crippen LogP contribution < -0.4 is 0 Å². The smallest absolute Gasteiger partial charge is 0.320 e. The molecule has 3 unspecified atom stereocenters. The van der Waals surface area contributed by atoms with Crippen LogP contribution in [0.5, 0.6) is 0 Å². The van der Waals surface area contributed by atoms with Gasteiger partial charge in [-0.3, -0.25) is 4.79 Å². The maximum Gasteiger partial charge on any atom is 0.320 e. The Balaban J connectivity index is 2.69. The van der Waals surface area contributed by atoms with Gasteiger partial charge in [0.2, 0.25) is 0 Å². The van der Waals surface area contributed by atoms with E-state index in [9.17, 15) is 9.59 Å². The van der Waals surface area contributed by atoms with E-state index in [0.29, 0.717) is 13.0 Å². The third-order valence-electron chi connectivity index (χ3n) is 3.87. The third-order valence-corrected chi connectivity index (χ3v) is 3.87. The van der Waals surface area contributed by atoms with Crippen molar-refractivity contribution in [2.45, 2.75) is 45.7 Å². The lowest BCUT2D eigenvalue weighted by Gasteiger charge is -2.32. The van der Waals surface area contributed by atoms with Gasteiger partial charge in [-0.15, -0.1) is 0 Å². The Labute approximate surface area is 102 Å². The summed E-state index contributed by atoms with van der Waals surface area (Å²) >= 11 is 0. The average Bonchev–Trinajstić information content (AvgIpc) is 2.68. The Bertz CT molecular complexity index is 306. The van der Waals surface area contributed by atoms with Crippen LogP contribution in [0.3, 0.4) is 0 Å². The number of nitrogens with zero attached hydrogens (tertiary/aromatic N) is 2. The van der Waals surface area contributed by atoms with Gasteiger partial charge in [-0.25, -0.2) is 4.79 Å². The number of carboxylic acid groups (broad SMARTS) is 1. The molecule has 5 nitrogen and oxygen atoms in total. The molecule has 3 atom stereocenters. The summed E-state index contributed by atoms with van der Waals surface area (Å²) in [7, 11) is 1.78. The molecule has 5 heteroatoms. The molecule has 1 heterocycles. The molecule has 0 aliphatic carbocycles. The molecule has 1 N–H and O–H groups in total. The second kappa shape index (κ2) is 5.38. The Morgan fingerprint density at radius 1 is 1.53 bits per heavy atom. The van der Waals surface area contributed by atoms with Gasteiger partial charge in [-0.05, 0) is 26.7 Å². The average molecular weight is 242 g/mol. The predicted molar refractivity (Wildman–Crippen MR) is 64.8 cm³/mol. The van der Waals surface area contributed by atoms with E-state index in [1.54, 1.807) is 16.8 Å². The molecular formula is C12H22N2O3. The van der Waals surface area contributed by atoms with Crippen LogP contribution in [0.15, 0.2) is 0 Å². The Kier molecular flexibility index (Phi) is 4.37.